The molecule has 0 rings (SSSR count). The highest BCUT2D eigenvalue weighted by molar-refractivity contribution is 5.70. The van der Waals surface area contributed by atoms with Crippen molar-refractivity contribution >= 4 is 17.9 Å². The van der Waals surface area contributed by atoms with Gasteiger partial charge in [0.15, 0.2) is 6.10 Å². The van der Waals surface area contributed by atoms with Gasteiger partial charge in [0.2, 0.25) is 0 Å². The summed E-state index contributed by atoms with van der Waals surface area (Å²) in [6, 6.07) is 0. The van der Waals surface area contributed by atoms with Crippen molar-refractivity contribution in [1.82, 2.24) is 0 Å². The number of rotatable bonds is 35. The number of carbonyl (C=O) groups excluding carboxylic acids is 3. The lowest BCUT2D eigenvalue weighted by atomic mass is 10.1. The molecule has 6 nitrogen and oxygen atoms in total. The van der Waals surface area contributed by atoms with Gasteiger partial charge in [0.1, 0.15) is 13.2 Å². The highest BCUT2D eigenvalue weighted by atomic mass is 16.6. The molecule has 0 heterocycles. The molecule has 0 N–H and O–H groups in total. The minimum absolute atomic E-state index is 0.0880. The van der Waals surface area contributed by atoms with Crippen LogP contribution in [-0.4, -0.2) is 37.2 Å². The second kappa shape index (κ2) is 36.7. The Balaban J connectivity index is 3.87. The standard InChI is InChI=1S/C41H74O6/c1-4-6-8-10-12-14-16-18-20-22-24-26-28-30-32-34-40(43)46-37-39(36-45-38(3)42)47-41(44)35-33-31-29-27-25-23-21-19-17-15-13-11-9-7-5-2/h18-21,39H,4-17,22-37H2,1-3H3. The lowest BCUT2D eigenvalue weighted by Crippen LogP contribution is -2.30. The van der Waals surface area contributed by atoms with Gasteiger partial charge >= 0.3 is 17.9 Å². The maximum absolute atomic E-state index is 12.4. The summed E-state index contributed by atoms with van der Waals surface area (Å²) in [5.74, 6) is -1.10. The van der Waals surface area contributed by atoms with Crippen molar-refractivity contribution in [3.05, 3.63) is 24.3 Å². The fraction of sp³-hybridized carbons (Fsp3) is 0.829. The van der Waals surface area contributed by atoms with E-state index < -0.39 is 12.1 Å². The normalized spacial score (nSPS) is 12.1. The Hall–Kier alpha value is -2.11. The lowest BCUT2D eigenvalue weighted by molar-refractivity contribution is -0.166. The maximum Gasteiger partial charge on any atom is 0.306 e. The van der Waals surface area contributed by atoms with Crippen LogP contribution < -0.4 is 0 Å². The average Bonchev–Trinajstić information content (AvgIpc) is 3.05. The summed E-state index contributed by atoms with van der Waals surface area (Å²) >= 11 is 0. The zero-order valence-electron chi connectivity index (χ0n) is 31.0. The number of ether oxygens (including phenoxy) is 3. The molecule has 274 valence electrons. The van der Waals surface area contributed by atoms with E-state index in [1.54, 1.807) is 0 Å². The number of esters is 3. The Morgan fingerprint density at radius 2 is 0.787 bits per heavy atom. The van der Waals surface area contributed by atoms with E-state index >= 15 is 0 Å². The molecular formula is C41H74O6. The maximum atomic E-state index is 12.4. The summed E-state index contributed by atoms with van der Waals surface area (Å²) < 4.78 is 15.9. The molecule has 0 aromatic heterocycles. The van der Waals surface area contributed by atoms with Crippen LogP contribution in [0.25, 0.3) is 0 Å². The number of carbonyl (C=O) groups is 3. The van der Waals surface area contributed by atoms with Crippen LogP contribution >= 0.6 is 0 Å². The molecule has 6 heteroatoms. The number of unbranched alkanes of at least 4 members (excludes halogenated alkanes) is 22. The van der Waals surface area contributed by atoms with Crippen LogP contribution in [0.5, 0.6) is 0 Å². The molecule has 0 radical (unpaired) electrons. The third-order valence-electron chi connectivity index (χ3n) is 8.49. The van der Waals surface area contributed by atoms with Crippen molar-refractivity contribution in [2.45, 2.75) is 207 Å². The Labute approximate surface area is 290 Å². The van der Waals surface area contributed by atoms with Gasteiger partial charge in [-0.2, -0.15) is 0 Å². The monoisotopic (exact) mass is 663 g/mol. The van der Waals surface area contributed by atoms with Gasteiger partial charge in [0.25, 0.3) is 0 Å². The van der Waals surface area contributed by atoms with Gasteiger partial charge in [0.05, 0.1) is 0 Å². The van der Waals surface area contributed by atoms with Crippen LogP contribution in [0.4, 0.5) is 0 Å². The van der Waals surface area contributed by atoms with Crippen molar-refractivity contribution < 1.29 is 28.6 Å². The summed E-state index contributed by atoms with van der Waals surface area (Å²) in [5, 5.41) is 0. The second-order valence-corrected chi connectivity index (χ2v) is 13.3. The Kier molecular flexibility index (Phi) is 35.1. The fourth-order valence-corrected chi connectivity index (χ4v) is 5.51. The second-order valence-electron chi connectivity index (χ2n) is 13.3. The van der Waals surface area contributed by atoms with Crippen LogP contribution in [-0.2, 0) is 28.6 Å². The predicted octanol–water partition coefficient (Wildman–Crippen LogP) is 12.1. The van der Waals surface area contributed by atoms with Crippen LogP contribution in [0.1, 0.15) is 201 Å². The molecule has 1 unspecified atom stereocenters. The Morgan fingerprint density at radius 3 is 1.19 bits per heavy atom. The minimum atomic E-state index is -0.771. The van der Waals surface area contributed by atoms with Gasteiger partial charge in [-0.15, -0.1) is 0 Å². The van der Waals surface area contributed by atoms with Crippen molar-refractivity contribution in [2.24, 2.45) is 0 Å². The molecule has 0 bridgehead atoms. The summed E-state index contributed by atoms with van der Waals surface area (Å²) in [4.78, 5) is 35.9. The molecule has 0 fully saturated rings. The predicted molar refractivity (Wildman–Crippen MR) is 196 cm³/mol. The minimum Gasteiger partial charge on any atom is -0.462 e. The van der Waals surface area contributed by atoms with Crippen molar-refractivity contribution in [1.29, 1.82) is 0 Å². The first-order valence-electron chi connectivity index (χ1n) is 19.8. The van der Waals surface area contributed by atoms with E-state index in [9.17, 15) is 14.4 Å². The van der Waals surface area contributed by atoms with Crippen LogP contribution in [0, 0.1) is 0 Å². The van der Waals surface area contributed by atoms with Crippen molar-refractivity contribution in [3.8, 4) is 0 Å². The molecule has 0 aliphatic carbocycles. The molecule has 0 amide bonds. The van der Waals surface area contributed by atoms with Crippen LogP contribution in [0.15, 0.2) is 24.3 Å². The quantitative estimate of drug-likeness (QED) is 0.0291. The van der Waals surface area contributed by atoms with Crippen molar-refractivity contribution in [3.63, 3.8) is 0 Å². The van der Waals surface area contributed by atoms with Gasteiger partial charge in [-0.05, 0) is 64.2 Å². The first-order chi connectivity index (χ1) is 23.0. The zero-order valence-corrected chi connectivity index (χ0v) is 31.0. The van der Waals surface area contributed by atoms with Crippen LogP contribution in [0.2, 0.25) is 0 Å². The molecule has 0 aliphatic heterocycles. The van der Waals surface area contributed by atoms with E-state index in [-0.39, 0.29) is 25.2 Å². The molecule has 1 atom stereocenters. The Bertz CT molecular complexity index is 774. The molecule has 0 saturated heterocycles. The van der Waals surface area contributed by atoms with E-state index in [0.717, 1.165) is 57.8 Å². The van der Waals surface area contributed by atoms with Crippen molar-refractivity contribution in [2.75, 3.05) is 13.2 Å². The lowest BCUT2D eigenvalue weighted by Gasteiger charge is -2.17. The summed E-state index contributed by atoms with van der Waals surface area (Å²) in [7, 11) is 0. The molecular weight excluding hydrogens is 588 g/mol. The van der Waals surface area contributed by atoms with Gasteiger partial charge in [-0.3, -0.25) is 14.4 Å². The number of hydrogen-bond acceptors (Lipinski definition) is 6. The highest BCUT2D eigenvalue weighted by Gasteiger charge is 2.18. The molecule has 0 aromatic carbocycles. The molecule has 0 spiro atoms. The molecule has 0 saturated carbocycles. The summed E-state index contributed by atoms with van der Waals surface area (Å²) in [5.41, 5.74) is 0. The summed E-state index contributed by atoms with van der Waals surface area (Å²) in [6.07, 6.45) is 40.5. The van der Waals surface area contributed by atoms with Gasteiger partial charge < -0.3 is 14.2 Å². The van der Waals surface area contributed by atoms with Crippen LogP contribution in [0.3, 0.4) is 0 Å². The Morgan fingerprint density at radius 1 is 0.447 bits per heavy atom. The van der Waals surface area contributed by atoms with E-state index in [0.29, 0.717) is 12.8 Å². The van der Waals surface area contributed by atoms with E-state index in [1.807, 2.05) is 0 Å². The molecule has 47 heavy (non-hydrogen) atoms. The topological polar surface area (TPSA) is 78.9 Å². The average molecular weight is 663 g/mol. The van der Waals surface area contributed by atoms with Gasteiger partial charge in [0, 0.05) is 19.8 Å². The molecule has 0 aliphatic rings. The summed E-state index contributed by atoms with van der Waals surface area (Å²) in [6.45, 7) is 5.63. The number of allylic oxidation sites excluding steroid dienone is 4. The first-order valence-corrected chi connectivity index (χ1v) is 19.8. The first kappa shape index (κ1) is 44.9. The fourth-order valence-electron chi connectivity index (χ4n) is 5.51. The third kappa shape index (κ3) is 36.6. The highest BCUT2D eigenvalue weighted by Crippen LogP contribution is 2.13. The number of hydrogen-bond donors (Lipinski definition) is 0. The largest absolute Gasteiger partial charge is 0.462 e. The van der Waals surface area contributed by atoms with E-state index in [2.05, 4.69) is 38.2 Å². The molecule has 0 aromatic rings. The van der Waals surface area contributed by atoms with Gasteiger partial charge in [-0.1, -0.05) is 141 Å². The van der Waals surface area contributed by atoms with Gasteiger partial charge in [-0.25, -0.2) is 0 Å². The smallest absolute Gasteiger partial charge is 0.306 e. The van der Waals surface area contributed by atoms with E-state index in [1.165, 1.54) is 116 Å². The van der Waals surface area contributed by atoms with E-state index in [4.69, 9.17) is 14.2 Å². The SMILES string of the molecule is CCCCCCCCC=CCCCCCCCC(=O)OCC(COC(C)=O)OC(=O)CCCCCCCC=CCCCCCCCC. The zero-order chi connectivity index (χ0) is 34.5. The third-order valence-corrected chi connectivity index (χ3v) is 8.49.